The van der Waals surface area contributed by atoms with Crippen LogP contribution in [0.1, 0.15) is 16.1 Å². The number of fused-ring (bicyclic) bond motifs is 1. The largest absolute Gasteiger partial charge is 0.490 e. The Bertz CT molecular complexity index is 1080. The van der Waals surface area contributed by atoms with Gasteiger partial charge < -0.3 is 15.4 Å². The highest BCUT2D eigenvalue weighted by Crippen LogP contribution is 2.26. The van der Waals surface area contributed by atoms with Crippen molar-refractivity contribution in [2.45, 2.75) is 12.6 Å². The van der Waals surface area contributed by atoms with Crippen LogP contribution in [-0.2, 0) is 11.2 Å². The van der Waals surface area contributed by atoms with Gasteiger partial charge in [-0.1, -0.05) is 0 Å². The molecule has 0 atom stereocenters. The van der Waals surface area contributed by atoms with E-state index in [-0.39, 0.29) is 5.91 Å². The van der Waals surface area contributed by atoms with Crippen molar-refractivity contribution in [1.29, 1.82) is 0 Å². The third-order valence-corrected chi connectivity index (χ3v) is 4.14. The van der Waals surface area contributed by atoms with Gasteiger partial charge in [0.15, 0.2) is 0 Å². The number of aromatic amines is 1. The van der Waals surface area contributed by atoms with Crippen molar-refractivity contribution in [3.63, 3.8) is 0 Å². The van der Waals surface area contributed by atoms with Gasteiger partial charge in [-0.05, 0) is 30.3 Å². The topological polar surface area (TPSA) is 108 Å². The SMILES string of the molecule is O=C(O)C(F)(F)F.O=C1NCCc2[nH]c(-c3ccnc(-c4ccc(F)nc4)c3)cc21. The smallest absolute Gasteiger partial charge is 0.475 e. The van der Waals surface area contributed by atoms with E-state index in [1.165, 1.54) is 12.3 Å². The number of pyridine rings is 2. The van der Waals surface area contributed by atoms with E-state index in [0.717, 1.165) is 28.9 Å². The zero-order chi connectivity index (χ0) is 21.9. The van der Waals surface area contributed by atoms with Crippen LogP contribution in [0.2, 0.25) is 0 Å². The molecule has 0 fully saturated rings. The Morgan fingerprint density at radius 2 is 1.83 bits per heavy atom. The summed E-state index contributed by atoms with van der Waals surface area (Å²) >= 11 is 0. The summed E-state index contributed by atoms with van der Waals surface area (Å²) in [7, 11) is 0. The summed E-state index contributed by atoms with van der Waals surface area (Å²) < 4.78 is 44.7. The van der Waals surface area contributed by atoms with Gasteiger partial charge in [-0.2, -0.15) is 17.6 Å². The molecule has 0 bridgehead atoms. The van der Waals surface area contributed by atoms with Gasteiger partial charge in [0.25, 0.3) is 5.91 Å². The number of hydrogen-bond acceptors (Lipinski definition) is 4. The standard InChI is InChI=1S/C17H13FN4O.C2HF3O2/c18-16-2-1-11(9-21-16)14-7-10(3-5-19-14)15-8-12-13(22-15)4-6-20-17(12)23;3-2(4,5)1(6)7/h1-3,5,7-9,22H,4,6H2,(H,20,23);(H,6,7). The number of aliphatic carboxylic acids is 1. The van der Waals surface area contributed by atoms with Crippen LogP contribution in [0.15, 0.2) is 42.7 Å². The number of nitrogens with one attached hydrogen (secondary N) is 2. The number of halogens is 4. The molecule has 11 heteroatoms. The first-order chi connectivity index (χ1) is 14.1. The fraction of sp³-hybridized carbons (Fsp3) is 0.158. The van der Waals surface area contributed by atoms with Crippen molar-refractivity contribution in [1.82, 2.24) is 20.3 Å². The number of carbonyl (C=O) groups is 2. The Labute approximate surface area is 166 Å². The third-order valence-electron chi connectivity index (χ3n) is 4.14. The predicted molar refractivity (Wildman–Crippen MR) is 96.9 cm³/mol. The van der Waals surface area contributed by atoms with Gasteiger partial charge in [0.1, 0.15) is 0 Å². The molecule has 0 saturated carbocycles. The van der Waals surface area contributed by atoms with Crippen molar-refractivity contribution in [3.8, 4) is 22.5 Å². The summed E-state index contributed by atoms with van der Waals surface area (Å²) in [4.78, 5) is 32.0. The van der Waals surface area contributed by atoms with Crippen molar-refractivity contribution in [3.05, 3.63) is 59.9 Å². The highest BCUT2D eigenvalue weighted by atomic mass is 19.4. The minimum absolute atomic E-state index is 0.0502. The van der Waals surface area contributed by atoms with Gasteiger partial charge in [0, 0.05) is 47.9 Å². The second-order valence-corrected chi connectivity index (χ2v) is 6.18. The molecule has 0 aliphatic carbocycles. The third kappa shape index (κ3) is 4.80. The van der Waals surface area contributed by atoms with E-state index >= 15 is 0 Å². The maximum Gasteiger partial charge on any atom is 0.490 e. The maximum atomic E-state index is 12.9. The Morgan fingerprint density at radius 1 is 1.10 bits per heavy atom. The van der Waals surface area contributed by atoms with Crippen LogP contribution in [0, 0.1) is 5.95 Å². The normalized spacial score (nSPS) is 13.0. The average Bonchev–Trinajstić information content (AvgIpc) is 3.14. The summed E-state index contributed by atoms with van der Waals surface area (Å²) in [5.41, 5.74) is 4.86. The molecular weight excluding hydrogens is 408 g/mol. The van der Waals surface area contributed by atoms with Crippen LogP contribution in [0.5, 0.6) is 0 Å². The van der Waals surface area contributed by atoms with E-state index in [0.29, 0.717) is 17.8 Å². The molecule has 3 aromatic heterocycles. The monoisotopic (exact) mass is 422 g/mol. The minimum atomic E-state index is -5.08. The first-order valence-electron chi connectivity index (χ1n) is 8.53. The number of rotatable bonds is 2. The van der Waals surface area contributed by atoms with Crippen LogP contribution in [0.3, 0.4) is 0 Å². The van der Waals surface area contributed by atoms with Gasteiger partial charge in [0.2, 0.25) is 5.95 Å². The van der Waals surface area contributed by atoms with Crippen LogP contribution < -0.4 is 5.32 Å². The van der Waals surface area contributed by atoms with E-state index in [4.69, 9.17) is 9.90 Å². The van der Waals surface area contributed by atoms with Crippen molar-refractivity contribution in [2.24, 2.45) is 0 Å². The zero-order valence-electron chi connectivity index (χ0n) is 15.1. The molecule has 7 nitrogen and oxygen atoms in total. The van der Waals surface area contributed by atoms with Crippen LogP contribution in [0.25, 0.3) is 22.5 Å². The van der Waals surface area contributed by atoms with Gasteiger partial charge in [-0.15, -0.1) is 0 Å². The summed E-state index contributed by atoms with van der Waals surface area (Å²) in [6, 6.07) is 8.56. The summed E-state index contributed by atoms with van der Waals surface area (Å²) in [6.07, 6.45) is -1.15. The quantitative estimate of drug-likeness (QED) is 0.434. The number of carbonyl (C=O) groups excluding carboxylic acids is 1. The number of hydrogen-bond donors (Lipinski definition) is 3. The zero-order valence-corrected chi connectivity index (χ0v) is 15.1. The van der Waals surface area contributed by atoms with E-state index < -0.39 is 18.1 Å². The maximum absolute atomic E-state index is 12.9. The summed E-state index contributed by atoms with van der Waals surface area (Å²) in [5, 5.41) is 9.96. The van der Waals surface area contributed by atoms with Crippen LogP contribution in [-0.4, -0.2) is 44.7 Å². The molecule has 1 amide bonds. The van der Waals surface area contributed by atoms with E-state index in [1.807, 2.05) is 18.2 Å². The van der Waals surface area contributed by atoms with Crippen molar-refractivity contribution in [2.75, 3.05) is 6.54 Å². The minimum Gasteiger partial charge on any atom is -0.475 e. The highest BCUT2D eigenvalue weighted by Gasteiger charge is 2.38. The molecule has 0 radical (unpaired) electrons. The fourth-order valence-electron chi connectivity index (χ4n) is 2.73. The molecule has 1 aliphatic heterocycles. The van der Waals surface area contributed by atoms with Gasteiger partial charge >= 0.3 is 12.1 Å². The van der Waals surface area contributed by atoms with E-state index in [1.54, 1.807) is 12.3 Å². The number of nitrogens with zero attached hydrogens (tertiary/aromatic N) is 2. The molecule has 4 heterocycles. The number of H-pyrrole nitrogens is 1. The van der Waals surface area contributed by atoms with Gasteiger partial charge in [0.05, 0.1) is 11.3 Å². The molecule has 3 aromatic rings. The lowest BCUT2D eigenvalue weighted by Gasteiger charge is -2.10. The predicted octanol–water partition coefficient (Wildman–Crippen LogP) is 3.20. The molecule has 3 N–H and O–H groups in total. The Morgan fingerprint density at radius 3 is 2.43 bits per heavy atom. The molecule has 0 spiro atoms. The van der Waals surface area contributed by atoms with Gasteiger partial charge in [-0.25, -0.2) is 9.78 Å². The molecular formula is C19H14F4N4O3. The summed E-state index contributed by atoms with van der Waals surface area (Å²) in [6.45, 7) is 0.647. The molecule has 1 aliphatic rings. The Hall–Kier alpha value is -3.76. The number of carboxylic acids is 1. The number of aromatic nitrogens is 3. The van der Waals surface area contributed by atoms with Crippen LogP contribution >= 0.6 is 0 Å². The number of amides is 1. The first kappa shape index (κ1) is 21.0. The van der Waals surface area contributed by atoms with E-state index in [2.05, 4.69) is 20.3 Å². The summed E-state index contributed by atoms with van der Waals surface area (Å²) in [5.74, 6) is -3.33. The Balaban J connectivity index is 0.000000318. The van der Waals surface area contributed by atoms with Crippen molar-refractivity contribution < 1.29 is 32.3 Å². The first-order valence-corrected chi connectivity index (χ1v) is 8.53. The number of carboxylic acid groups (broad SMARTS) is 1. The lowest BCUT2D eigenvalue weighted by Crippen LogP contribution is -2.31. The molecule has 0 aromatic carbocycles. The fourth-order valence-corrected chi connectivity index (χ4v) is 2.73. The average molecular weight is 422 g/mol. The molecule has 30 heavy (non-hydrogen) atoms. The molecule has 4 rings (SSSR count). The van der Waals surface area contributed by atoms with E-state index in [9.17, 15) is 22.4 Å². The molecule has 0 saturated heterocycles. The highest BCUT2D eigenvalue weighted by molar-refractivity contribution is 5.97. The molecule has 156 valence electrons. The van der Waals surface area contributed by atoms with Crippen LogP contribution in [0.4, 0.5) is 17.6 Å². The lowest BCUT2D eigenvalue weighted by molar-refractivity contribution is -0.192. The molecule has 0 unspecified atom stereocenters. The van der Waals surface area contributed by atoms with Crippen molar-refractivity contribution >= 4 is 11.9 Å². The Kier molecular flexibility index (Phi) is 5.81. The lowest BCUT2D eigenvalue weighted by atomic mass is 10.1. The second kappa shape index (κ2) is 8.31. The number of alkyl halides is 3. The second-order valence-electron chi connectivity index (χ2n) is 6.18. The van der Waals surface area contributed by atoms with Gasteiger partial charge in [-0.3, -0.25) is 9.78 Å².